The van der Waals surface area contributed by atoms with Crippen molar-refractivity contribution in [2.45, 2.75) is 11.4 Å². The van der Waals surface area contributed by atoms with E-state index in [0.29, 0.717) is 56.6 Å². The zero-order valence-corrected chi connectivity index (χ0v) is 19.4. The molecule has 0 amide bonds. The monoisotopic (exact) mass is 498 g/mol. The zero-order chi connectivity index (χ0) is 23.6. The molecule has 2 aliphatic rings. The summed E-state index contributed by atoms with van der Waals surface area (Å²) in [5.41, 5.74) is 0.968. The van der Waals surface area contributed by atoms with Crippen LogP contribution in [0.25, 0.3) is 0 Å². The molecule has 2 aromatic rings. The number of sulfonamides is 1. The highest BCUT2D eigenvalue weighted by atomic mass is 35.5. The third-order valence-electron chi connectivity index (χ3n) is 5.87. The van der Waals surface area contributed by atoms with Crippen LogP contribution in [0.5, 0.6) is 0 Å². The highest BCUT2D eigenvalue weighted by Gasteiger charge is 2.30. The summed E-state index contributed by atoms with van der Waals surface area (Å²) in [5, 5.41) is 12.2. The zero-order valence-electron chi connectivity index (χ0n) is 17.8. The molecule has 0 bridgehead atoms. The van der Waals surface area contributed by atoms with Crippen LogP contribution in [0.15, 0.2) is 41.3 Å². The number of hydrogen-bond acceptors (Lipinski definition) is 7. The van der Waals surface area contributed by atoms with Crippen LogP contribution in [-0.2, 0) is 21.3 Å². The van der Waals surface area contributed by atoms with Crippen LogP contribution in [0.1, 0.15) is 5.56 Å². The number of ether oxygens (including phenoxy) is 1. The fourth-order valence-electron chi connectivity index (χ4n) is 4.05. The van der Waals surface area contributed by atoms with E-state index in [1.54, 1.807) is 6.07 Å². The summed E-state index contributed by atoms with van der Waals surface area (Å²) >= 11 is 6.13. The van der Waals surface area contributed by atoms with E-state index in [0.717, 1.165) is 11.6 Å². The first kappa shape index (κ1) is 23.8. The van der Waals surface area contributed by atoms with Gasteiger partial charge in [-0.05, 0) is 29.8 Å². The van der Waals surface area contributed by atoms with E-state index in [4.69, 9.17) is 16.3 Å². The molecular formula is C21H24ClFN4O5S. The first-order chi connectivity index (χ1) is 15.8. The molecular weight excluding hydrogens is 475 g/mol. The van der Waals surface area contributed by atoms with E-state index >= 15 is 0 Å². The minimum Gasteiger partial charge on any atom is -0.379 e. The molecule has 0 spiro atoms. The minimum absolute atomic E-state index is 0.0931. The molecule has 2 fully saturated rings. The van der Waals surface area contributed by atoms with E-state index in [9.17, 15) is 22.9 Å². The van der Waals surface area contributed by atoms with Crippen molar-refractivity contribution < 1.29 is 22.5 Å². The quantitative estimate of drug-likeness (QED) is 0.446. The van der Waals surface area contributed by atoms with Crippen molar-refractivity contribution in [3.63, 3.8) is 0 Å². The Hall–Kier alpha value is -2.31. The molecule has 2 saturated heterocycles. The third kappa shape index (κ3) is 5.28. The van der Waals surface area contributed by atoms with Crippen molar-refractivity contribution in [2.75, 3.05) is 57.4 Å². The molecule has 12 heteroatoms. The van der Waals surface area contributed by atoms with Crippen LogP contribution in [0.3, 0.4) is 0 Å². The summed E-state index contributed by atoms with van der Waals surface area (Å²) in [4.78, 5) is 15.2. The van der Waals surface area contributed by atoms with Crippen molar-refractivity contribution in [1.29, 1.82) is 0 Å². The molecule has 2 aromatic carbocycles. The second kappa shape index (κ2) is 9.90. The molecule has 0 atom stereocenters. The number of rotatable bonds is 6. The van der Waals surface area contributed by atoms with Gasteiger partial charge in [-0.3, -0.25) is 15.0 Å². The number of piperazine rings is 1. The second-order valence-corrected chi connectivity index (χ2v) is 10.3. The average molecular weight is 499 g/mol. The van der Waals surface area contributed by atoms with Gasteiger partial charge in [0, 0.05) is 56.9 Å². The lowest BCUT2D eigenvalue weighted by molar-refractivity contribution is -0.384. The Morgan fingerprint density at radius 3 is 2.36 bits per heavy atom. The number of anilines is 1. The molecule has 0 aliphatic carbocycles. The number of nitro groups is 1. The van der Waals surface area contributed by atoms with Gasteiger partial charge in [0.25, 0.3) is 5.69 Å². The van der Waals surface area contributed by atoms with Gasteiger partial charge in [-0.25, -0.2) is 12.8 Å². The van der Waals surface area contributed by atoms with Gasteiger partial charge in [-0.1, -0.05) is 17.7 Å². The number of nitrogens with zero attached hydrogens (tertiary/aromatic N) is 4. The van der Waals surface area contributed by atoms with Gasteiger partial charge in [0.05, 0.1) is 23.0 Å². The summed E-state index contributed by atoms with van der Waals surface area (Å²) in [5.74, 6) is -0.389. The predicted molar refractivity (Wildman–Crippen MR) is 122 cm³/mol. The Labute approximate surface area is 196 Å². The molecule has 9 nitrogen and oxygen atoms in total. The summed E-state index contributed by atoms with van der Waals surface area (Å²) in [6.45, 7) is 3.88. The van der Waals surface area contributed by atoms with Crippen LogP contribution in [-0.4, -0.2) is 75.0 Å². The van der Waals surface area contributed by atoms with Crippen LogP contribution in [0.4, 0.5) is 15.8 Å². The largest absolute Gasteiger partial charge is 0.379 e. The van der Waals surface area contributed by atoms with E-state index in [1.165, 1.54) is 28.6 Å². The molecule has 178 valence electrons. The summed E-state index contributed by atoms with van der Waals surface area (Å²) in [6, 6.07) is 8.39. The number of halogens is 2. The molecule has 4 rings (SSSR count). The lowest BCUT2D eigenvalue weighted by Gasteiger charge is -2.36. The number of morpholine rings is 1. The Bertz CT molecular complexity index is 1140. The Morgan fingerprint density at radius 2 is 1.73 bits per heavy atom. The van der Waals surface area contributed by atoms with Crippen LogP contribution < -0.4 is 4.90 Å². The molecule has 0 aromatic heterocycles. The van der Waals surface area contributed by atoms with Crippen molar-refractivity contribution in [3.05, 3.63) is 62.9 Å². The molecule has 0 N–H and O–H groups in total. The normalized spacial score (nSPS) is 18.4. The van der Waals surface area contributed by atoms with E-state index < -0.39 is 14.9 Å². The SMILES string of the molecule is O=[N+]([O-])c1cc(S(=O)(=O)N2CCOCC2)ccc1N1CCN(Cc2ccc(F)cc2Cl)CC1. The fraction of sp³-hybridized carbons (Fsp3) is 0.429. The van der Waals surface area contributed by atoms with Crippen molar-refractivity contribution >= 4 is 33.0 Å². The lowest BCUT2D eigenvalue weighted by Crippen LogP contribution is -2.46. The van der Waals surface area contributed by atoms with E-state index in [-0.39, 0.29) is 29.5 Å². The Kier molecular flexibility index (Phi) is 7.15. The van der Waals surface area contributed by atoms with Crippen molar-refractivity contribution in [2.24, 2.45) is 0 Å². The summed E-state index contributed by atoms with van der Waals surface area (Å²) in [6.07, 6.45) is 0. The van der Waals surface area contributed by atoms with Gasteiger partial charge in [-0.15, -0.1) is 0 Å². The Morgan fingerprint density at radius 1 is 1.03 bits per heavy atom. The smallest absolute Gasteiger partial charge is 0.293 e. The number of benzene rings is 2. The van der Waals surface area contributed by atoms with Crippen LogP contribution in [0, 0.1) is 15.9 Å². The molecule has 2 heterocycles. The van der Waals surface area contributed by atoms with E-state index in [1.807, 2.05) is 4.90 Å². The Balaban J connectivity index is 1.48. The maximum absolute atomic E-state index is 13.3. The standard InChI is InChI=1S/C21H24ClFN4O5S/c22-19-13-17(23)2-1-16(19)15-24-5-7-25(8-6-24)20-4-3-18(14-21(20)27(28)29)33(30,31)26-9-11-32-12-10-26/h1-4,13-14H,5-12,15H2. The van der Waals surface area contributed by atoms with Crippen LogP contribution >= 0.6 is 11.6 Å². The summed E-state index contributed by atoms with van der Waals surface area (Å²) < 4.78 is 45.6. The fourth-order valence-corrected chi connectivity index (χ4v) is 5.71. The lowest BCUT2D eigenvalue weighted by atomic mass is 10.1. The second-order valence-electron chi connectivity index (χ2n) is 7.92. The van der Waals surface area contributed by atoms with Gasteiger partial charge in [0.2, 0.25) is 10.0 Å². The highest BCUT2D eigenvalue weighted by Crippen LogP contribution is 2.33. The molecule has 0 saturated carbocycles. The van der Waals surface area contributed by atoms with Gasteiger partial charge >= 0.3 is 0 Å². The molecule has 33 heavy (non-hydrogen) atoms. The maximum Gasteiger partial charge on any atom is 0.293 e. The molecule has 0 radical (unpaired) electrons. The number of hydrogen-bond donors (Lipinski definition) is 0. The van der Waals surface area contributed by atoms with Gasteiger partial charge in [-0.2, -0.15) is 4.31 Å². The van der Waals surface area contributed by atoms with Crippen LogP contribution in [0.2, 0.25) is 5.02 Å². The van der Waals surface area contributed by atoms with Gasteiger partial charge < -0.3 is 9.64 Å². The van der Waals surface area contributed by atoms with Crippen molar-refractivity contribution in [1.82, 2.24) is 9.21 Å². The third-order valence-corrected chi connectivity index (χ3v) is 8.12. The first-order valence-electron chi connectivity index (χ1n) is 10.5. The number of nitro benzene ring substituents is 1. The van der Waals surface area contributed by atoms with Crippen molar-refractivity contribution in [3.8, 4) is 0 Å². The van der Waals surface area contributed by atoms with E-state index in [2.05, 4.69) is 4.90 Å². The minimum atomic E-state index is -3.83. The predicted octanol–water partition coefficient (Wildman–Crippen LogP) is 2.73. The topological polar surface area (TPSA) is 96.2 Å². The summed E-state index contributed by atoms with van der Waals surface area (Å²) in [7, 11) is -3.83. The highest BCUT2D eigenvalue weighted by molar-refractivity contribution is 7.89. The first-order valence-corrected chi connectivity index (χ1v) is 12.3. The van der Waals surface area contributed by atoms with Gasteiger partial charge in [0.15, 0.2) is 0 Å². The van der Waals surface area contributed by atoms with Gasteiger partial charge in [0.1, 0.15) is 11.5 Å². The molecule has 0 unspecified atom stereocenters. The average Bonchev–Trinajstić information content (AvgIpc) is 2.81. The molecule has 2 aliphatic heterocycles. The maximum atomic E-state index is 13.3.